The summed E-state index contributed by atoms with van der Waals surface area (Å²) >= 11 is 6.30. The summed E-state index contributed by atoms with van der Waals surface area (Å²) in [5.41, 5.74) is 5.68. The molecule has 1 heterocycles. The standard InChI is InChI=1S/C47H56ClN3O5/c1-32(31-56-42-19-25-49-41-14-6-9-33(2)44(41)42)27-36-28-35-16-17-39(55-26-8-24-50-43(52)18-15-34-10-4-3-5-11-34)30-40(35)46(36)20-22-47(23-21-46,45(53)54)51-38-13-7-12-37(48)29-38/h3-5,7,10-13,16-17,19,25,29-30,32-33,36,51H,6,8-9,14-15,18,20-24,26-28,31H2,1-2H3,(H,50,52)(H,53,54)/t32-,33-,36+,46?,47?/m1/s1. The molecule has 56 heavy (non-hydrogen) atoms. The Bertz CT molecular complexity index is 1980. The smallest absolute Gasteiger partial charge is 0.329 e. The van der Waals surface area contributed by atoms with Gasteiger partial charge in [0.05, 0.1) is 13.2 Å². The van der Waals surface area contributed by atoms with Crippen molar-refractivity contribution in [2.24, 2.45) is 11.8 Å². The molecule has 1 amide bonds. The molecule has 1 spiro atoms. The molecular weight excluding hydrogens is 722 g/mol. The summed E-state index contributed by atoms with van der Waals surface area (Å²) < 4.78 is 12.9. The van der Waals surface area contributed by atoms with E-state index in [2.05, 4.69) is 47.7 Å². The van der Waals surface area contributed by atoms with Gasteiger partial charge in [-0.05, 0) is 147 Å². The van der Waals surface area contributed by atoms with Crippen LogP contribution in [-0.2, 0) is 34.3 Å². The normalized spacial score (nSPS) is 23.1. The fourth-order valence-corrected chi connectivity index (χ4v) is 9.84. The Labute approximate surface area is 336 Å². The molecule has 3 aliphatic carbocycles. The molecule has 0 radical (unpaired) electrons. The van der Waals surface area contributed by atoms with E-state index in [9.17, 15) is 14.7 Å². The second-order valence-electron chi connectivity index (χ2n) is 16.6. The van der Waals surface area contributed by atoms with Gasteiger partial charge in [-0.25, -0.2) is 4.79 Å². The number of rotatable bonds is 16. The van der Waals surface area contributed by atoms with Crippen LogP contribution in [0.5, 0.6) is 11.5 Å². The average Bonchev–Trinajstić information content (AvgIpc) is 3.48. The highest BCUT2D eigenvalue weighted by Gasteiger charge is 2.54. The lowest BCUT2D eigenvalue weighted by molar-refractivity contribution is -0.144. The highest BCUT2D eigenvalue weighted by Crippen LogP contribution is 2.57. The topological polar surface area (TPSA) is 110 Å². The summed E-state index contributed by atoms with van der Waals surface area (Å²) in [4.78, 5) is 30.1. The van der Waals surface area contributed by atoms with Gasteiger partial charge in [0.1, 0.15) is 17.0 Å². The first kappa shape index (κ1) is 39.7. The van der Waals surface area contributed by atoms with Crippen LogP contribution in [0.25, 0.3) is 0 Å². The number of fused-ring (bicyclic) bond motifs is 3. The Morgan fingerprint density at radius 2 is 1.82 bits per heavy atom. The number of amides is 1. The van der Waals surface area contributed by atoms with Crippen molar-refractivity contribution in [3.63, 3.8) is 0 Å². The molecule has 3 aromatic carbocycles. The third-order valence-electron chi connectivity index (χ3n) is 12.7. The number of carboxylic acids is 1. The van der Waals surface area contributed by atoms with Crippen LogP contribution in [0.3, 0.4) is 0 Å². The minimum absolute atomic E-state index is 0.0493. The fraction of sp³-hybridized carbons (Fsp3) is 0.468. The summed E-state index contributed by atoms with van der Waals surface area (Å²) in [5.74, 6) is 2.09. The van der Waals surface area contributed by atoms with Gasteiger partial charge in [-0.2, -0.15) is 0 Å². The number of pyridine rings is 1. The second kappa shape index (κ2) is 17.7. The van der Waals surface area contributed by atoms with E-state index in [1.807, 2.05) is 54.7 Å². The number of hydrogen-bond acceptors (Lipinski definition) is 6. The molecule has 0 aliphatic heterocycles. The van der Waals surface area contributed by atoms with E-state index in [-0.39, 0.29) is 11.3 Å². The largest absolute Gasteiger partial charge is 0.494 e. The highest BCUT2D eigenvalue weighted by molar-refractivity contribution is 6.30. The van der Waals surface area contributed by atoms with Crippen molar-refractivity contribution in [3.05, 3.63) is 118 Å². The summed E-state index contributed by atoms with van der Waals surface area (Å²) in [6.07, 6.45) is 11.5. The zero-order valence-electron chi connectivity index (χ0n) is 32.8. The second-order valence-corrected chi connectivity index (χ2v) is 17.0. The highest BCUT2D eigenvalue weighted by atomic mass is 35.5. The lowest BCUT2D eigenvalue weighted by Crippen LogP contribution is -2.53. The number of aliphatic carboxylic acids is 1. The van der Waals surface area contributed by atoms with E-state index in [1.165, 1.54) is 28.8 Å². The SMILES string of the molecule is C[C@@H](COc1ccnc2c1[C@H](C)CCC2)C[C@H]1Cc2ccc(OCCCNC(=O)CCc3ccccc3)cc2C12CCC(Nc1cccc(Cl)c1)(C(=O)O)CC2. The van der Waals surface area contributed by atoms with Gasteiger partial charge in [0, 0.05) is 41.1 Å². The monoisotopic (exact) mass is 777 g/mol. The number of hydrogen-bond donors (Lipinski definition) is 3. The Balaban J connectivity index is 1.03. The van der Waals surface area contributed by atoms with Crippen LogP contribution >= 0.6 is 11.6 Å². The van der Waals surface area contributed by atoms with Gasteiger partial charge in [-0.1, -0.05) is 67.9 Å². The molecule has 0 saturated heterocycles. The molecule has 1 aromatic heterocycles. The summed E-state index contributed by atoms with van der Waals surface area (Å²) in [7, 11) is 0. The molecule has 0 unspecified atom stereocenters. The maximum Gasteiger partial charge on any atom is 0.329 e. The fourth-order valence-electron chi connectivity index (χ4n) is 9.65. The number of anilines is 1. The van der Waals surface area contributed by atoms with Crippen molar-refractivity contribution in [2.45, 2.75) is 108 Å². The molecule has 1 fully saturated rings. The predicted octanol–water partition coefficient (Wildman–Crippen LogP) is 9.72. The first-order valence-corrected chi connectivity index (χ1v) is 21.0. The van der Waals surface area contributed by atoms with Crippen molar-refractivity contribution in [1.29, 1.82) is 0 Å². The number of carbonyl (C=O) groups excluding carboxylic acids is 1. The molecule has 7 rings (SSSR count). The zero-order chi connectivity index (χ0) is 39.1. The van der Waals surface area contributed by atoms with E-state index in [0.29, 0.717) is 68.2 Å². The number of nitrogens with zero attached hydrogens (tertiary/aromatic N) is 1. The molecule has 8 nitrogen and oxygen atoms in total. The van der Waals surface area contributed by atoms with E-state index in [1.54, 1.807) is 12.1 Å². The maximum absolute atomic E-state index is 13.0. The predicted molar refractivity (Wildman–Crippen MR) is 222 cm³/mol. The first-order chi connectivity index (χ1) is 27.1. The Kier molecular flexibility index (Phi) is 12.5. The zero-order valence-corrected chi connectivity index (χ0v) is 33.6. The number of aromatic nitrogens is 1. The number of ether oxygens (including phenoxy) is 2. The molecular formula is C47H56ClN3O5. The van der Waals surface area contributed by atoms with E-state index >= 15 is 0 Å². The number of carboxylic acid groups (broad SMARTS) is 1. The van der Waals surface area contributed by atoms with Crippen molar-refractivity contribution in [2.75, 3.05) is 25.1 Å². The van der Waals surface area contributed by atoms with E-state index in [0.717, 1.165) is 67.7 Å². The Morgan fingerprint density at radius 3 is 2.61 bits per heavy atom. The van der Waals surface area contributed by atoms with E-state index in [4.69, 9.17) is 21.1 Å². The van der Waals surface area contributed by atoms with Crippen LogP contribution in [0, 0.1) is 11.8 Å². The molecule has 296 valence electrons. The number of aryl methyl sites for hydroxylation is 2. The van der Waals surface area contributed by atoms with E-state index < -0.39 is 11.5 Å². The number of halogens is 1. The Hall–Kier alpha value is -4.56. The molecule has 0 bridgehead atoms. The minimum Gasteiger partial charge on any atom is -0.494 e. The number of benzene rings is 3. The van der Waals surface area contributed by atoms with Crippen LogP contribution in [0.2, 0.25) is 5.02 Å². The lowest BCUT2D eigenvalue weighted by atomic mass is 9.59. The van der Waals surface area contributed by atoms with Crippen LogP contribution in [0.1, 0.15) is 106 Å². The summed E-state index contributed by atoms with van der Waals surface area (Å²) in [6, 6.07) is 25.9. The third kappa shape index (κ3) is 9.01. The quantitative estimate of drug-likeness (QED) is 0.0973. The van der Waals surface area contributed by atoms with Crippen molar-refractivity contribution in [3.8, 4) is 11.5 Å². The van der Waals surface area contributed by atoms with Crippen molar-refractivity contribution < 1.29 is 24.2 Å². The van der Waals surface area contributed by atoms with Crippen LogP contribution in [-0.4, -0.2) is 47.3 Å². The lowest BCUT2D eigenvalue weighted by Gasteiger charge is -2.47. The van der Waals surface area contributed by atoms with Gasteiger partial charge >= 0.3 is 5.97 Å². The number of nitrogens with one attached hydrogen (secondary N) is 2. The summed E-state index contributed by atoms with van der Waals surface area (Å²) in [5, 5.41) is 17.7. The first-order valence-electron chi connectivity index (χ1n) is 20.6. The van der Waals surface area contributed by atoms with Gasteiger partial charge in [-0.3, -0.25) is 9.78 Å². The molecule has 3 aliphatic rings. The van der Waals surface area contributed by atoms with Crippen molar-refractivity contribution in [1.82, 2.24) is 10.3 Å². The third-order valence-corrected chi connectivity index (χ3v) is 12.9. The van der Waals surface area contributed by atoms with Crippen molar-refractivity contribution >= 4 is 29.2 Å². The number of carbonyl (C=O) groups is 2. The van der Waals surface area contributed by atoms with Gasteiger partial charge in [0.15, 0.2) is 0 Å². The van der Waals surface area contributed by atoms with Crippen LogP contribution < -0.4 is 20.1 Å². The van der Waals surface area contributed by atoms with Crippen LogP contribution in [0.4, 0.5) is 5.69 Å². The summed E-state index contributed by atoms with van der Waals surface area (Å²) in [6.45, 7) is 6.24. The van der Waals surface area contributed by atoms with Gasteiger partial charge < -0.3 is 25.2 Å². The molecule has 1 saturated carbocycles. The average molecular weight is 778 g/mol. The molecule has 3 N–H and O–H groups in total. The van der Waals surface area contributed by atoms with Gasteiger partial charge in [-0.15, -0.1) is 0 Å². The molecule has 4 aromatic rings. The Morgan fingerprint density at radius 1 is 1.00 bits per heavy atom. The maximum atomic E-state index is 13.0. The molecule has 3 atom stereocenters. The van der Waals surface area contributed by atoms with Gasteiger partial charge in [0.2, 0.25) is 5.91 Å². The minimum atomic E-state index is -1.09. The molecule has 9 heteroatoms. The van der Waals surface area contributed by atoms with Gasteiger partial charge in [0.25, 0.3) is 0 Å². The van der Waals surface area contributed by atoms with Crippen LogP contribution in [0.15, 0.2) is 85.1 Å².